The summed E-state index contributed by atoms with van der Waals surface area (Å²) in [5.74, 6) is 2.27. The number of aromatic nitrogens is 1. The van der Waals surface area contributed by atoms with Crippen LogP contribution in [0.15, 0.2) is 52.9 Å². The van der Waals surface area contributed by atoms with Gasteiger partial charge in [-0.3, -0.25) is 0 Å². The molecule has 0 radical (unpaired) electrons. The molecule has 5 heteroatoms. The van der Waals surface area contributed by atoms with Crippen LogP contribution in [0.1, 0.15) is 23.4 Å². The molecule has 0 aliphatic heterocycles. The standard InChI is InChI=1S/C20H15ClN2O2/c21-17-10-15(7-6-14(17)12-22)24-16-8-9-19-18(11-16)23-20(25-19)13-4-2-1-3-5-13/h1-7,10,16H,8-9,11H2/t16-/m1/s1. The van der Waals surface area contributed by atoms with Gasteiger partial charge in [-0.25, -0.2) is 4.98 Å². The molecular weight excluding hydrogens is 336 g/mol. The highest BCUT2D eigenvalue weighted by Crippen LogP contribution is 2.30. The van der Waals surface area contributed by atoms with Crippen LogP contribution in [-0.2, 0) is 12.8 Å². The molecule has 0 N–H and O–H groups in total. The van der Waals surface area contributed by atoms with Crippen LogP contribution in [0, 0.1) is 11.3 Å². The predicted molar refractivity (Wildman–Crippen MR) is 94.5 cm³/mol. The number of halogens is 1. The molecule has 124 valence electrons. The van der Waals surface area contributed by atoms with Gasteiger partial charge in [0.15, 0.2) is 0 Å². The van der Waals surface area contributed by atoms with Crippen LogP contribution in [0.2, 0.25) is 5.02 Å². The minimum absolute atomic E-state index is 0.0187. The minimum Gasteiger partial charge on any atom is -0.490 e. The van der Waals surface area contributed by atoms with E-state index in [9.17, 15) is 0 Å². The van der Waals surface area contributed by atoms with E-state index < -0.39 is 0 Å². The third-order valence-corrected chi connectivity index (χ3v) is 4.59. The molecule has 4 nitrogen and oxygen atoms in total. The van der Waals surface area contributed by atoms with Gasteiger partial charge in [0.05, 0.1) is 16.3 Å². The molecule has 0 unspecified atom stereocenters. The molecule has 0 saturated heterocycles. The normalized spacial score (nSPS) is 16.1. The van der Waals surface area contributed by atoms with Gasteiger partial charge < -0.3 is 9.15 Å². The van der Waals surface area contributed by atoms with E-state index in [0.29, 0.717) is 28.6 Å². The van der Waals surface area contributed by atoms with Crippen molar-refractivity contribution in [2.45, 2.75) is 25.4 Å². The van der Waals surface area contributed by atoms with Crippen molar-refractivity contribution in [1.82, 2.24) is 4.98 Å². The number of nitrogens with zero attached hydrogens (tertiary/aromatic N) is 2. The topological polar surface area (TPSA) is 59.0 Å². The number of fused-ring (bicyclic) bond motifs is 1. The summed E-state index contributed by atoms with van der Waals surface area (Å²) in [5.41, 5.74) is 2.38. The fourth-order valence-corrected chi connectivity index (χ4v) is 3.22. The lowest BCUT2D eigenvalue weighted by Gasteiger charge is -2.22. The summed E-state index contributed by atoms with van der Waals surface area (Å²) in [5, 5.41) is 9.35. The lowest BCUT2D eigenvalue weighted by atomic mass is 9.99. The molecule has 2 aromatic carbocycles. The first-order chi connectivity index (χ1) is 12.2. The van der Waals surface area contributed by atoms with Gasteiger partial charge in [-0.15, -0.1) is 0 Å². The summed E-state index contributed by atoms with van der Waals surface area (Å²) in [7, 11) is 0. The van der Waals surface area contributed by atoms with Crippen LogP contribution in [0.5, 0.6) is 5.75 Å². The molecule has 1 aliphatic carbocycles. The predicted octanol–water partition coefficient (Wildman–Crippen LogP) is 4.80. The Bertz CT molecular complexity index is 944. The lowest BCUT2D eigenvalue weighted by Crippen LogP contribution is -2.25. The molecule has 0 amide bonds. The van der Waals surface area contributed by atoms with Crippen molar-refractivity contribution in [2.75, 3.05) is 0 Å². The molecular formula is C20H15ClN2O2. The quantitative estimate of drug-likeness (QED) is 0.680. The number of oxazole rings is 1. The zero-order chi connectivity index (χ0) is 17.2. The molecule has 0 bridgehead atoms. The van der Waals surface area contributed by atoms with Crippen molar-refractivity contribution in [3.63, 3.8) is 0 Å². The largest absolute Gasteiger partial charge is 0.490 e. The molecule has 25 heavy (non-hydrogen) atoms. The van der Waals surface area contributed by atoms with Crippen LogP contribution < -0.4 is 4.74 Å². The molecule has 0 saturated carbocycles. The smallest absolute Gasteiger partial charge is 0.226 e. The molecule has 1 atom stereocenters. The van der Waals surface area contributed by atoms with E-state index in [1.807, 2.05) is 36.4 Å². The first-order valence-corrected chi connectivity index (χ1v) is 8.51. The zero-order valence-electron chi connectivity index (χ0n) is 13.4. The van der Waals surface area contributed by atoms with Crippen molar-refractivity contribution in [3.05, 3.63) is 70.6 Å². The minimum atomic E-state index is 0.0187. The molecule has 0 spiro atoms. The summed E-state index contributed by atoms with van der Waals surface area (Å²) in [6.45, 7) is 0. The first-order valence-electron chi connectivity index (χ1n) is 8.13. The fourth-order valence-electron chi connectivity index (χ4n) is 3.01. The van der Waals surface area contributed by atoms with Gasteiger partial charge in [-0.1, -0.05) is 29.8 Å². The number of benzene rings is 2. The number of hydrogen-bond acceptors (Lipinski definition) is 4. The van der Waals surface area contributed by atoms with Crippen molar-refractivity contribution < 1.29 is 9.15 Å². The summed E-state index contributed by atoms with van der Waals surface area (Å²) in [6, 6.07) is 17.1. The number of aryl methyl sites for hydroxylation is 1. The van der Waals surface area contributed by atoms with Gasteiger partial charge in [-0.2, -0.15) is 5.26 Å². The lowest BCUT2D eigenvalue weighted by molar-refractivity contribution is 0.179. The summed E-state index contributed by atoms with van der Waals surface area (Å²) < 4.78 is 11.9. The molecule has 3 aromatic rings. The Morgan fingerprint density at radius 2 is 2.04 bits per heavy atom. The average molecular weight is 351 g/mol. The third-order valence-electron chi connectivity index (χ3n) is 4.28. The molecule has 1 heterocycles. The Labute approximate surface area is 150 Å². The van der Waals surface area contributed by atoms with Gasteiger partial charge in [0.25, 0.3) is 0 Å². The molecule has 0 fully saturated rings. The van der Waals surface area contributed by atoms with E-state index in [-0.39, 0.29) is 6.10 Å². The third kappa shape index (κ3) is 3.24. The maximum Gasteiger partial charge on any atom is 0.226 e. The van der Waals surface area contributed by atoms with Crippen LogP contribution in [-0.4, -0.2) is 11.1 Å². The van der Waals surface area contributed by atoms with Crippen LogP contribution in [0.4, 0.5) is 0 Å². The summed E-state index contributed by atoms with van der Waals surface area (Å²) in [4.78, 5) is 4.64. The number of rotatable bonds is 3. The van der Waals surface area contributed by atoms with Gasteiger partial charge in [0.1, 0.15) is 23.7 Å². The first kappa shape index (κ1) is 15.7. The molecule has 1 aromatic heterocycles. The van der Waals surface area contributed by atoms with E-state index in [1.165, 1.54) is 0 Å². The van der Waals surface area contributed by atoms with Gasteiger partial charge >= 0.3 is 0 Å². The van der Waals surface area contributed by atoms with E-state index in [1.54, 1.807) is 18.2 Å². The van der Waals surface area contributed by atoms with Crippen molar-refractivity contribution >= 4 is 11.6 Å². The van der Waals surface area contributed by atoms with E-state index in [4.69, 9.17) is 26.0 Å². The Kier molecular flexibility index (Phi) is 4.17. The number of ether oxygens (including phenoxy) is 1. The highest BCUT2D eigenvalue weighted by molar-refractivity contribution is 6.31. The highest BCUT2D eigenvalue weighted by atomic mass is 35.5. The maximum absolute atomic E-state index is 8.94. The Balaban J connectivity index is 1.51. The van der Waals surface area contributed by atoms with Crippen LogP contribution >= 0.6 is 11.6 Å². The highest BCUT2D eigenvalue weighted by Gasteiger charge is 2.25. The van der Waals surface area contributed by atoms with Gasteiger partial charge in [0.2, 0.25) is 5.89 Å². The van der Waals surface area contributed by atoms with Crippen molar-refractivity contribution in [2.24, 2.45) is 0 Å². The number of hydrogen-bond donors (Lipinski definition) is 0. The fraction of sp³-hybridized carbons (Fsp3) is 0.200. The summed E-state index contributed by atoms with van der Waals surface area (Å²) >= 11 is 6.07. The summed E-state index contributed by atoms with van der Waals surface area (Å²) in [6.07, 6.45) is 2.37. The van der Waals surface area contributed by atoms with Crippen LogP contribution in [0.3, 0.4) is 0 Å². The molecule has 4 rings (SSSR count). The van der Waals surface area contributed by atoms with E-state index in [0.717, 1.165) is 29.9 Å². The second kappa shape index (κ2) is 6.62. The Morgan fingerprint density at radius 1 is 1.20 bits per heavy atom. The van der Waals surface area contributed by atoms with E-state index in [2.05, 4.69) is 4.98 Å². The van der Waals surface area contributed by atoms with Gasteiger partial charge in [-0.05, 0) is 30.7 Å². The Morgan fingerprint density at radius 3 is 2.80 bits per heavy atom. The monoisotopic (exact) mass is 350 g/mol. The second-order valence-corrected chi connectivity index (χ2v) is 6.40. The number of nitriles is 1. The van der Waals surface area contributed by atoms with Crippen molar-refractivity contribution in [3.8, 4) is 23.3 Å². The molecule has 1 aliphatic rings. The van der Waals surface area contributed by atoms with Crippen LogP contribution in [0.25, 0.3) is 11.5 Å². The van der Waals surface area contributed by atoms with Crippen molar-refractivity contribution in [1.29, 1.82) is 5.26 Å². The SMILES string of the molecule is N#Cc1ccc(O[C@@H]2CCc3oc(-c4ccccc4)nc3C2)cc1Cl. The van der Waals surface area contributed by atoms with E-state index >= 15 is 0 Å². The average Bonchev–Trinajstić information content (AvgIpc) is 3.06. The second-order valence-electron chi connectivity index (χ2n) is 5.99. The Hall–Kier alpha value is -2.77. The van der Waals surface area contributed by atoms with Gasteiger partial charge in [0, 0.05) is 24.5 Å². The zero-order valence-corrected chi connectivity index (χ0v) is 14.2. The maximum atomic E-state index is 8.94.